The van der Waals surface area contributed by atoms with Crippen molar-refractivity contribution < 1.29 is 17.9 Å². The summed E-state index contributed by atoms with van der Waals surface area (Å²) in [6.45, 7) is 1.67. The van der Waals surface area contributed by atoms with Crippen LogP contribution in [0.25, 0.3) is 0 Å². The Hall–Kier alpha value is -3.25. The second kappa shape index (κ2) is 8.42. The first kappa shape index (κ1) is 20.1. The number of anilines is 3. The lowest BCUT2D eigenvalue weighted by Crippen LogP contribution is -2.31. The number of nitrogens with one attached hydrogen (secondary N) is 3. The van der Waals surface area contributed by atoms with Gasteiger partial charge in [0, 0.05) is 11.4 Å². The van der Waals surface area contributed by atoms with Gasteiger partial charge in [-0.2, -0.15) is 5.26 Å². The third kappa shape index (κ3) is 5.90. The number of nitrogens with zero attached hydrogens (tertiary/aromatic N) is 1. The third-order valence-electron chi connectivity index (χ3n) is 3.55. The molecule has 8 nitrogen and oxygen atoms in total. The first-order valence-corrected chi connectivity index (χ1v) is 9.84. The Bertz CT molecular complexity index is 966. The maximum absolute atomic E-state index is 12.3. The van der Waals surface area contributed by atoms with Gasteiger partial charge in [0.15, 0.2) is 0 Å². The van der Waals surface area contributed by atoms with Gasteiger partial charge >= 0.3 is 0 Å². The van der Waals surface area contributed by atoms with Crippen LogP contribution in [0, 0.1) is 11.3 Å². The number of ether oxygens (including phenoxy) is 1. The smallest absolute Gasteiger partial charge is 0.246 e. The van der Waals surface area contributed by atoms with Gasteiger partial charge < -0.3 is 15.4 Å². The molecular weight excluding hydrogens is 368 g/mol. The van der Waals surface area contributed by atoms with Crippen LogP contribution < -0.4 is 20.1 Å². The molecule has 0 heterocycles. The minimum atomic E-state index is -3.48. The summed E-state index contributed by atoms with van der Waals surface area (Å²) in [6, 6.07) is 12.7. The number of methoxy groups -OCH3 is 1. The summed E-state index contributed by atoms with van der Waals surface area (Å²) >= 11 is 0. The molecule has 27 heavy (non-hydrogen) atoms. The van der Waals surface area contributed by atoms with Crippen LogP contribution in [-0.2, 0) is 14.8 Å². The van der Waals surface area contributed by atoms with Crippen molar-refractivity contribution in [2.75, 3.05) is 28.7 Å². The molecule has 0 aliphatic rings. The Balaban J connectivity index is 2.09. The van der Waals surface area contributed by atoms with E-state index < -0.39 is 16.1 Å². The van der Waals surface area contributed by atoms with Crippen molar-refractivity contribution in [3.05, 3.63) is 48.0 Å². The Morgan fingerprint density at radius 2 is 1.78 bits per heavy atom. The minimum Gasteiger partial charge on any atom is -0.495 e. The zero-order valence-corrected chi connectivity index (χ0v) is 15.9. The van der Waals surface area contributed by atoms with E-state index in [4.69, 9.17) is 10.00 Å². The van der Waals surface area contributed by atoms with Crippen LogP contribution in [0.4, 0.5) is 17.1 Å². The molecule has 0 spiro atoms. The molecule has 3 N–H and O–H groups in total. The van der Waals surface area contributed by atoms with Gasteiger partial charge in [0.25, 0.3) is 0 Å². The average Bonchev–Trinajstić information content (AvgIpc) is 2.61. The van der Waals surface area contributed by atoms with Gasteiger partial charge in [0.1, 0.15) is 11.8 Å². The number of carbonyl (C=O) groups is 1. The number of hydrogen-bond acceptors (Lipinski definition) is 6. The van der Waals surface area contributed by atoms with E-state index in [1.165, 1.54) is 7.11 Å². The van der Waals surface area contributed by atoms with Crippen molar-refractivity contribution in [1.29, 1.82) is 5.26 Å². The number of amides is 1. The van der Waals surface area contributed by atoms with E-state index in [1.54, 1.807) is 49.4 Å². The predicted octanol–water partition coefficient (Wildman–Crippen LogP) is 2.38. The molecule has 1 amide bonds. The molecule has 0 fully saturated rings. The molecule has 2 aromatic carbocycles. The Kier molecular flexibility index (Phi) is 6.26. The molecular formula is C18H20N4O4S. The summed E-state index contributed by atoms with van der Waals surface area (Å²) in [5.41, 5.74) is 1.89. The lowest BCUT2D eigenvalue weighted by molar-refractivity contribution is -0.116. The van der Waals surface area contributed by atoms with Gasteiger partial charge in [-0.15, -0.1) is 0 Å². The van der Waals surface area contributed by atoms with Gasteiger partial charge in [-0.3, -0.25) is 9.52 Å². The molecule has 1 atom stereocenters. The highest BCUT2D eigenvalue weighted by molar-refractivity contribution is 7.92. The highest BCUT2D eigenvalue weighted by atomic mass is 32.2. The number of hydrogen-bond donors (Lipinski definition) is 3. The number of sulfonamides is 1. The summed E-state index contributed by atoms with van der Waals surface area (Å²) in [6.07, 6.45) is 1.04. The molecule has 9 heteroatoms. The standard InChI is InChI=1S/C18H20N4O4S/c1-12(18(23)21-14-6-4-13(11-19)5-7-14)20-15-8-9-17(26-2)16(10-15)22-27(3,24)25/h4-10,12,20,22H,1-3H3,(H,21,23)/t12-/m1/s1. The van der Waals surface area contributed by atoms with Crippen LogP contribution in [0.2, 0.25) is 0 Å². The maximum Gasteiger partial charge on any atom is 0.246 e. The van der Waals surface area contributed by atoms with Crippen molar-refractivity contribution in [2.45, 2.75) is 13.0 Å². The summed E-state index contributed by atoms with van der Waals surface area (Å²) in [4.78, 5) is 12.3. The van der Waals surface area contributed by atoms with Crippen LogP contribution in [0.3, 0.4) is 0 Å². The molecule has 2 aromatic rings. The van der Waals surface area contributed by atoms with Gasteiger partial charge in [0.2, 0.25) is 15.9 Å². The summed E-state index contributed by atoms with van der Waals surface area (Å²) in [5.74, 6) is 0.0776. The van der Waals surface area contributed by atoms with Crippen LogP contribution in [-0.4, -0.2) is 33.7 Å². The van der Waals surface area contributed by atoms with Gasteiger partial charge in [-0.05, 0) is 49.4 Å². The number of carbonyl (C=O) groups excluding carboxylic acids is 1. The minimum absolute atomic E-state index is 0.268. The van der Waals surface area contributed by atoms with Gasteiger partial charge in [-0.1, -0.05) is 0 Å². The number of nitriles is 1. The summed E-state index contributed by atoms with van der Waals surface area (Å²) < 4.78 is 30.5. The monoisotopic (exact) mass is 388 g/mol. The third-order valence-corrected chi connectivity index (χ3v) is 4.14. The van der Waals surface area contributed by atoms with E-state index in [1.807, 2.05) is 6.07 Å². The maximum atomic E-state index is 12.3. The fraction of sp³-hybridized carbons (Fsp3) is 0.222. The number of rotatable bonds is 7. The van der Waals surface area contributed by atoms with Crippen molar-refractivity contribution in [2.24, 2.45) is 0 Å². The average molecular weight is 388 g/mol. The van der Waals surface area contributed by atoms with Gasteiger partial charge in [0.05, 0.1) is 30.7 Å². The topological polar surface area (TPSA) is 120 Å². The van der Waals surface area contributed by atoms with E-state index >= 15 is 0 Å². The second-order valence-corrected chi connectivity index (χ2v) is 7.58. The van der Waals surface area contributed by atoms with Crippen molar-refractivity contribution in [1.82, 2.24) is 0 Å². The molecule has 0 radical (unpaired) electrons. The SMILES string of the molecule is COc1ccc(N[C@H](C)C(=O)Nc2ccc(C#N)cc2)cc1NS(C)(=O)=O. The molecule has 142 valence electrons. The lowest BCUT2D eigenvalue weighted by atomic mass is 10.2. The first-order valence-electron chi connectivity index (χ1n) is 7.95. The summed E-state index contributed by atoms with van der Waals surface area (Å²) in [5, 5.41) is 14.5. The van der Waals surface area contributed by atoms with Gasteiger partial charge in [-0.25, -0.2) is 8.42 Å². The van der Waals surface area contributed by atoms with E-state index in [9.17, 15) is 13.2 Å². The fourth-order valence-electron chi connectivity index (χ4n) is 2.27. The molecule has 0 saturated heterocycles. The van der Waals surface area contributed by atoms with Crippen LogP contribution in [0.5, 0.6) is 5.75 Å². The predicted molar refractivity (Wildman–Crippen MR) is 104 cm³/mol. The highest BCUT2D eigenvalue weighted by Crippen LogP contribution is 2.29. The van der Waals surface area contributed by atoms with Crippen LogP contribution in [0.1, 0.15) is 12.5 Å². The Morgan fingerprint density at radius 3 is 2.33 bits per heavy atom. The molecule has 0 aliphatic carbocycles. The molecule has 0 bridgehead atoms. The van der Waals surface area contributed by atoms with E-state index in [0.29, 0.717) is 22.7 Å². The quantitative estimate of drug-likeness (QED) is 0.670. The van der Waals surface area contributed by atoms with E-state index in [2.05, 4.69) is 15.4 Å². The number of benzene rings is 2. The second-order valence-electron chi connectivity index (χ2n) is 5.83. The zero-order chi connectivity index (χ0) is 20.0. The summed E-state index contributed by atoms with van der Waals surface area (Å²) in [7, 11) is -2.04. The lowest BCUT2D eigenvalue weighted by Gasteiger charge is -2.17. The van der Waals surface area contributed by atoms with Crippen LogP contribution >= 0.6 is 0 Å². The van der Waals surface area contributed by atoms with Crippen LogP contribution in [0.15, 0.2) is 42.5 Å². The molecule has 0 saturated carbocycles. The Labute approximate surface area is 158 Å². The fourth-order valence-corrected chi connectivity index (χ4v) is 2.83. The molecule has 0 aromatic heterocycles. The van der Waals surface area contributed by atoms with Crippen molar-refractivity contribution in [3.63, 3.8) is 0 Å². The van der Waals surface area contributed by atoms with Crippen molar-refractivity contribution in [3.8, 4) is 11.8 Å². The molecule has 0 unspecified atom stereocenters. The molecule has 0 aliphatic heterocycles. The van der Waals surface area contributed by atoms with E-state index in [-0.39, 0.29) is 11.6 Å². The largest absolute Gasteiger partial charge is 0.495 e. The molecule has 2 rings (SSSR count). The van der Waals surface area contributed by atoms with E-state index in [0.717, 1.165) is 6.26 Å². The normalized spacial score (nSPS) is 11.8. The zero-order valence-electron chi connectivity index (χ0n) is 15.1. The van der Waals surface area contributed by atoms with Crippen molar-refractivity contribution >= 4 is 33.0 Å². The highest BCUT2D eigenvalue weighted by Gasteiger charge is 2.15. The first-order chi connectivity index (χ1) is 12.7. The Morgan fingerprint density at radius 1 is 1.15 bits per heavy atom.